The van der Waals surface area contributed by atoms with Gasteiger partial charge < -0.3 is 9.84 Å². The predicted molar refractivity (Wildman–Crippen MR) is 73.0 cm³/mol. The molecule has 100 valence electrons. The van der Waals surface area contributed by atoms with E-state index in [0.717, 1.165) is 25.2 Å². The van der Waals surface area contributed by atoms with Crippen LogP contribution in [0.2, 0.25) is 0 Å². The van der Waals surface area contributed by atoms with Gasteiger partial charge in [-0.05, 0) is 37.4 Å². The van der Waals surface area contributed by atoms with Gasteiger partial charge in [-0.1, -0.05) is 36.3 Å². The summed E-state index contributed by atoms with van der Waals surface area (Å²) in [5.41, 5.74) is 2.77. The molecule has 2 aromatic rings. The van der Waals surface area contributed by atoms with Crippen LogP contribution in [-0.2, 0) is 6.42 Å². The smallest absolute Gasteiger partial charge is 0.243 e. The Bertz CT molecular complexity index is 564. The summed E-state index contributed by atoms with van der Waals surface area (Å²) in [7, 11) is 0. The monoisotopic (exact) mass is 257 g/mol. The van der Waals surface area contributed by atoms with Crippen LogP contribution in [0.3, 0.4) is 0 Å². The van der Waals surface area contributed by atoms with E-state index >= 15 is 0 Å². The van der Waals surface area contributed by atoms with Gasteiger partial charge in [-0.25, -0.2) is 0 Å². The molecule has 1 aliphatic carbocycles. The summed E-state index contributed by atoms with van der Waals surface area (Å²) in [6.45, 7) is 5.01. The van der Waals surface area contributed by atoms with Crippen LogP contribution in [0.5, 0.6) is 0 Å². The number of benzene rings is 1. The highest BCUT2D eigenvalue weighted by Crippen LogP contribution is 2.36. The Hall–Kier alpha value is -1.68. The number of fused-ring (bicyclic) bond motifs is 1. The molecule has 1 aromatic heterocycles. The van der Waals surface area contributed by atoms with Crippen LogP contribution >= 0.6 is 0 Å². The number of nitrogens with one attached hydrogen (secondary N) is 1. The van der Waals surface area contributed by atoms with E-state index in [4.69, 9.17) is 4.52 Å². The summed E-state index contributed by atoms with van der Waals surface area (Å²) in [4.78, 5) is 4.57. The third kappa shape index (κ3) is 2.28. The highest BCUT2D eigenvalue weighted by atomic mass is 16.5. The molecule has 0 bridgehead atoms. The molecule has 19 heavy (non-hydrogen) atoms. The minimum Gasteiger partial charge on any atom is -0.338 e. The van der Waals surface area contributed by atoms with Crippen LogP contribution in [0.1, 0.15) is 55.1 Å². The van der Waals surface area contributed by atoms with Crippen LogP contribution in [0.15, 0.2) is 28.8 Å². The van der Waals surface area contributed by atoms with Crippen LogP contribution in [0.25, 0.3) is 0 Å². The van der Waals surface area contributed by atoms with Crippen molar-refractivity contribution in [1.29, 1.82) is 0 Å². The molecule has 0 spiro atoms. The van der Waals surface area contributed by atoms with Gasteiger partial charge in [0.15, 0.2) is 5.82 Å². The second-order valence-corrected chi connectivity index (χ2v) is 5.06. The number of rotatable bonds is 4. The van der Waals surface area contributed by atoms with Gasteiger partial charge in [0.1, 0.15) is 0 Å². The summed E-state index contributed by atoms with van der Waals surface area (Å²) in [5.74, 6) is 1.80. The summed E-state index contributed by atoms with van der Waals surface area (Å²) < 4.78 is 5.38. The molecule has 0 radical (unpaired) electrons. The van der Waals surface area contributed by atoms with Gasteiger partial charge >= 0.3 is 0 Å². The molecule has 1 heterocycles. The molecule has 0 aliphatic heterocycles. The van der Waals surface area contributed by atoms with E-state index in [1.54, 1.807) is 0 Å². The summed E-state index contributed by atoms with van der Waals surface area (Å²) in [5, 5.41) is 7.46. The van der Waals surface area contributed by atoms with Gasteiger partial charge in [0, 0.05) is 5.92 Å². The molecule has 0 saturated carbocycles. The summed E-state index contributed by atoms with van der Waals surface area (Å²) in [6.07, 6.45) is 2.18. The summed E-state index contributed by atoms with van der Waals surface area (Å²) >= 11 is 0. The molecule has 3 rings (SSSR count). The second-order valence-electron chi connectivity index (χ2n) is 5.06. The van der Waals surface area contributed by atoms with E-state index in [1.165, 1.54) is 11.1 Å². The van der Waals surface area contributed by atoms with Gasteiger partial charge in [0.25, 0.3) is 0 Å². The minimum absolute atomic E-state index is 0.114. The fourth-order valence-electron chi connectivity index (χ4n) is 2.78. The second kappa shape index (κ2) is 5.13. The largest absolute Gasteiger partial charge is 0.338 e. The van der Waals surface area contributed by atoms with Crippen molar-refractivity contribution in [3.63, 3.8) is 0 Å². The molecule has 0 saturated heterocycles. The van der Waals surface area contributed by atoms with Crippen molar-refractivity contribution in [3.05, 3.63) is 47.1 Å². The maximum atomic E-state index is 5.38. The van der Waals surface area contributed by atoms with Gasteiger partial charge in [-0.2, -0.15) is 4.98 Å². The van der Waals surface area contributed by atoms with Crippen LogP contribution in [0, 0.1) is 0 Å². The van der Waals surface area contributed by atoms with Crippen molar-refractivity contribution in [2.75, 3.05) is 6.54 Å². The highest BCUT2D eigenvalue weighted by molar-refractivity contribution is 5.38. The van der Waals surface area contributed by atoms with E-state index in [9.17, 15) is 0 Å². The molecule has 1 N–H and O–H groups in total. The molecular weight excluding hydrogens is 238 g/mol. The molecule has 4 heteroatoms. The first-order valence-electron chi connectivity index (χ1n) is 6.94. The van der Waals surface area contributed by atoms with Crippen LogP contribution in [0.4, 0.5) is 0 Å². The number of aryl methyl sites for hydroxylation is 1. The quantitative estimate of drug-likeness (QED) is 0.915. The average Bonchev–Trinajstić information content (AvgIpc) is 3.05. The minimum atomic E-state index is 0.114. The lowest BCUT2D eigenvalue weighted by Crippen LogP contribution is -2.18. The Labute approximate surface area is 113 Å². The zero-order valence-corrected chi connectivity index (χ0v) is 11.4. The van der Waals surface area contributed by atoms with Crippen LogP contribution in [-0.4, -0.2) is 16.7 Å². The van der Waals surface area contributed by atoms with E-state index in [0.29, 0.717) is 11.8 Å². The zero-order chi connectivity index (χ0) is 13.2. The van der Waals surface area contributed by atoms with Crippen molar-refractivity contribution in [3.8, 4) is 0 Å². The van der Waals surface area contributed by atoms with Crippen molar-refractivity contribution in [2.45, 2.75) is 38.6 Å². The first kappa shape index (κ1) is 12.4. The van der Waals surface area contributed by atoms with Gasteiger partial charge in [0.05, 0.1) is 6.04 Å². The fraction of sp³-hybridized carbons (Fsp3) is 0.467. The maximum Gasteiger partial charge on any atom is 0.243 e. The van der Waals surface area contributed by atoms with Gasteiger partial charge in [-0.3, -0.25) is 0 Å². The van der Waals surface area contributed by atoms with E-state index in [-0.39, 0.29) is 6.04 Å². The Kier molecular flexibility index (Phi) is 3.34. The lowest BCUT2D eigenvalue weighted by molar-refractivity contribution is 0.337. The number of hydrogen-bond acceptors (Lipinski definition) is 4. The molecule has 0 amide bonds. The molecule has 0 fully saturated rings. The van der Waals surface area contributed by atoms with Crippen molar-refractivity contribution in [1.82, 2.24) is 15.5 Å². The van der Waals surface area contributed by atoms with Crippen LogP contribution < -0.4 is 5.32 Å². The zero-order valence-electron chi connectivity index (χ0n) is 11.4. The average molecular weight is 257 g/mol. The lowest BCUT2D eigenvalue weighted by Gasteiger charge is -2.07. The van der Waals surface area contributed by atoms with Crippen molar-refractivity contribution >= 4 is 0 Å². The van der Waals surface area contributed by atoms with Crippen molar-refractivity contribution in [2.24, 2.45) is 0 Å². The summed E-state index contributed by atoms with van der Waals surface area (Å²) in [6, 6.07) is 8.66. The Morgan fingerprint density at radius 1 is 1.42 bits per heavy atom. The Morgan fingerprint density at radius 2 is 2.26 bits per heavy atom. The number of aromatic nitrogens is 2. The highest BCUT2D eigenvalue weighted by Gasteiger charge is 2.28. The first-order chi connectivity index (χ1) is 9.29. The number of nitrogens with zero attached hydrogens (tertiary/aromatic N) is 2. The molecule has 2 atom stereocenters. The molecule has 4 nitrogen and oxygen atoms in total. The first-order valence-corrected chi connectivity index (χ1v) is 6.94. The number of hydrogen-bond donors (Lipinski definition) is 1. The maximum absolute atomic E-state index is 5.38. The van der Waals surface area contributed by atoms with E-state index in [1.807, 2.05) is 6.92 Å². The Balaban J connectivity index is 1.85. The van der Waals surface area contributed by atoms with Crippen molar-refractivity contribution < 1.29 is 4.52 Å². The Morgan fingerprint density at radius 3 is 3.11 bits per heavy atom. The van der Waals surface area contributed by atoms with E-state index in [2.05, 4.69) is 46.6 Å². The molecule has 2 unspecified atom stereocenters. The third-order valence-corrected chi connectivity index (χ3v) is 3.78. The van der Waals surface area contributed by atoms with Gasteiger partial charge in [-0.15, -0.1) is 0 Å². The SMILES string of the molecule is CCNC(C)c1nc(C2CCc3ccccc32)no1. The molecule has 1 aromatic carbocycles. The normalized spacial score (nSPS) is 19.4. The third-order valence-electron chi connectivity index (χ3n) is 3.78. The standard InChI is InChI=1S/C15H19N3O/c1-3-16-10(2)15-17-14(18-19-15)13-9-8-11-6-4-5-7-12(11)13/h4-7,10,13,16H,3,8-9H2,1-2H3. The lowest BCUT2D eigenvalue weighted by atomic mass is 10.0. The van der Waals surface area contributed by atoms with E-state index < -0.39 is 0 Å². The fourth-order valence-corrected chi connectivity index (χ4v) is 2.78. The van der Waals surface area contributed by atoms with Gasteiger partial charge in [0.2, 0.25) is 5.89 Å². The topological polar surface area (TPSA) is 51.0 Å². The molecular formula is C15H19N3O. The predicted octanol–water partition coefficient (Wildman–Crippen LogP) is 2.82. The molecule has 1 aliphatic rings.